The van der Waals surface area contributed by atoms with E-state index in [0.29, 0.717) is 0 Å². The van der Waals surface area contributed by atoms with E-state index in [0.717, 1.165) is 24.9 Å². The van der Waals surface area contributed by atoms with Crippen molar-refractivity contribution in [3.63, 3.8) is 0 Å². The van der Waals surface area contributed by atoms with Crippen LogP contribution >= 0.6 is 0 Å². The highest BCUT2D eigenvalue weighted by molar-refractivity contribution is 5.92. The lowest BCUT2D eigenvalue weighted by molar-refractivity contribution is -0.120. The van der Waals surface area contributed by atoms with Gasteiger partial charge < -0.3 is 5.32 Å². The van der Waals surface area contributed by atoms with Gasteiger partial charge in [-0.2, -0.15) is 0 Å². The van der Waals surface area contributed by atoms with Crippen LogP contribution in [0.4, 0.5) is 5.69 Å². The Hall–Kier alpha value is -1.31. The SMILES string of the molecule is CCCCc1cccc(NC(=O)C2CCCCC2)c1. The molecule has 1 fully saturated rings. The number of carbonyl (C=O) groups is 1. The molecule has 1 aromatic rings. The fourth-order valence-electron chi connectivity index (χ4n) is 2.79. The van der Waals surface area contributed by atoms with Crippen LogP contribution in [0.15, 0.2) is 24.3 Å². The van der Waals surface area contributed by atoms with Crippen molar-refractivity contribution in [3.05, 3.63) is 29.8 Å². The molecule has 0 aliphatic heterocycles. The van der Waals surface area contributed by atoms with Crippen molar-refractivity contribution in [1.82, 2.24) is 0 Å². The van der Waals surface area contributed by atoms with Crippen LogP contribution < -0.4 is 5.32 Å². The predicted octanol–water partition coefficient (Wildman–Crippen LogP) is 4.55. The van der Waals surface area contributed by atoms with Gasteiger partial charge in [0.25, 0.3) is 0 Å². The third kappa shape index (κ3) is 4.38. The minimum absolute atomic E-state index is 0.215. The van der Waals surface area contributed by atoms with E-state index >= 15 is 0 Å². The average molecular weight is 259 g/mol. The van der Waals surface area contributed by atoms with Gasteiger partial charge in [0.1, 0.15) is 0 Å². The molecule has 1 saturated carbocycles. The van der Waals surface area contributed by atoms with Gasteiger partial charge in [-0.1, -0.05) is 44.7 Å². The highest BCUT2D eigenvalue weighted by atomic mass is 16.1. The van der Waals surface area contributed by atoms with Gasteiger partial charge in [-0.05, 0) is 43.4 Å². The number of carbonyl (C=O) groups excluding carboxylic acids is 1. The van der Waals surface area contributed by atoms with Crippen molar-refractivity contribution in [2.24, 2.45) is 5.92 Å². The summed E-state index contributed by atoms with van der Waals surface area (Å²) in [7, 11) is 0. The van der Waals surface area contributed by atoms with E-state index in [1.807, 2.05) is 12.1 Å². The number of anilines is 1. The van der Waals surface area contributed by atoms with E-state index < -0.39 is 0 Å². The molecule has 1 aliphatic carbocycles. The maximum atomic E-state index is 12.2. The average Bonchev–Trinajstić information content (AvgIpc) is 2.46. The van der Waals surface area contributed by atoms with Crippen molar-refractivity contribution >= 4 is 11.6 Å². The van der Waals surface area contributed by atoms with Crippen LogP contribution in [0.1, 0.15) is 57.4 Å². The quantitative estimate of drug-likeness (QED) is 0.826. The zero-order chi connectivity index (χ0) is 13.5. The summed E-state index contributed by atoms with van der Waals surface area (Å²) in [4.78, 5) is 12.2. The molecule has 0 spiro atoms. The lowest BCUT2D eigenvalue weighted by atomic mass is 9.88. The first-order valence-corrected chi connectivity index (χ1v) is 7.69. The maximum absolute atomic E-state index is 12.2. The zero-order valence-corrected chi connectivity index (χ0v) is 12.0. The van der Waals surface area contributed by atoms with Crippen LogP contribution in [-0.4, -0.2) is 5.91 Å². The van der Waals surface area contributed by atoms with Crippen LogP contribution in [0.3, 0.4) is 0 Å². The Bertz CT molecular complexity index is 407. The molecule has 0 radical (unpaired) electrons. The van der Waals surface area contributed by atoms with Gasteiger partial charge >= 0.3 is 0 Å². The van der Waals surface area contributed by atoms with E-state index in [1.165, 1.54) is 37.7 Å². The molecule has 104 valence electrons. The second kappa shape index (κ2) is 7.32. The molecule has 1 aromatic carbocycles. The molecule has 1 amide bonds. The number of benzene rings is 1. The van der Waals surface area contributed by atoms with E-state index in [-0.39, 0.29) is 11.8 Å². The van der Waals surface area contributed by atoms with Gasteiger partial charge in [-0.15, -0.1) is 0 Å². The number of rotatable bonds is 5. The van der Waals surface area contributed by atoms with Crippen molar-refractivity contribution in [1.29, 1.82) is 0 Å². The fourth-order valence-corrected chi connectivity index (χ4v) is 2.79. The summed E-state index contributed by atoms with van der Waals surface area (Å²) in [6, 6.07) is 8.31. The Balaban J connectivity index is 1.92. The standard InChI is InChI=1S/C17H25NO/c1-2-3-8-14-9-7-12-16(13-14)18-17(19)15-10-5-4-6-11-15/h7,9,12-13,15H,2-6,8,10-11H2,1H3,(H,18,19). The zero-order valence-electron chi connectivity index (χ0n) is 12.0. The maximum Gasteiger partial charge on any atom is 0.227 e. The van der Waals surface area contributed by atoms with Gasteiger partial charge in [0.2, 0.25) is 5.91 Å². The van der Waals surface area contributed by atoms with Gasteiger partial charge in [-0.3, -0.25) is 4.79 Å². The largest absolute Gasteiger partial charge is 0.326 e. The Labute approximate surface area is 116 Å². The van der Waals surface area contributed by atoms with E-state index in [2.05, 4.69) is 24.4 Å². The first kappa shape index (κ1) is 14.1. The summed E-state index contributed by atoms with van der Waals surface area (Å²) in [6.07, 6.45) is 9.32. The van der Waals surface area contributed by atoms with Crippen molar-refractivity contribution in [3.8, 4) is 0 Å². The number of hydrogen-bond donors (Lipinski definition) is 1. The summed E-state index contributed by atoms with van der Waals surface area (Å²) >= 11 is 0. The van der Waals surface area contributed by atoms with Crippen LogP contribution in [0, 0.1) is 5.92 Å². The van der Waals surface area contributed by atoms with E-state index in [9.17, 15) is 4.79 Å². The number of amides is 1. The Morgan fingerprint density at radius 2 is 2.05 bits per heavy atom. The summed E-state index contributed by atoms with van der Waals surface area (Å²) in [5, 5.41) is 3.09. The van der Waals surface area contributed by atoms with Crippen molar-refractivity contribution in [2.45, 2.75) is 58.3 Å². The van der Waals surface area contributed by atoms with Crippen LogP contribution in [0.2, 0.25) is 0 Å². The molecule has 1 N–H and O–H groups in total. The molecular weight excluding hydrogens is 234 g/mol. The Morgan fingerprint density at radius 3 is 2.79 bits per heavy atom. The molecule has 0 unspecified atom stereocenters. The predicted molar refractivity (Wildman–Crippen MR) is 80.3 cm³/mol. The topological polar surface area (TPSA) is 29.1 Å². The van der Waals surface area contributed by atoms with Crippen LogP contribution in [0.25, 0.3) is 0 Å². The summed E-state index contributed by atoms with van der Waals surface area (Å²) < 4.78 is 0. The first-order valence-electron chi connectivity index (χ1n) is 7.69. The third-order valence-electron chi connectivity index (χ3n) is 3.99. The second-order valence-corrected chi connectivity index (χ2v) is 5.63. The molecule has 2 rings (SSSR count). The van der Waals surface area contributed by atoms with Crippen LogP contribution in [-0.2, 0) is 11.2 Å². The number of unbranched alkanes of at least 4 members (excludes halogenated alkanes) is 1. The molecule has 2 heteroatoms. The molecule has 19 heavy (non-hydrogen) atoms. The van der Waals surface area contributed by atoms with E-state index in [4.69, 9.17) is 0 Å². The highest BCUT2D eigenvalue weighted by Gasteiger charge is 2.20. The summed E-state index contributed by atoms with van der Waals surface area (Å²) in [5.74, 6) is 0.445. The molecule has 0 aromatic heterocycles. The molecular formula is C17H25NO. The molecule has 0 heterocycles. The van der Waals surface area contributed by atoms with Crippen molar-refractivity contribution < 1.29 is 4.79 Å². The molecule has 0 atom stereocenters. The lowest BCUT2D eigenvalue weighted by Gasteiger charge is -2.20. The Kier molecular flexibility index (Phi) is 5.44. The van der Waals surface area contributed by atoms with Gasteiger partial charge in [-0.25, -0.2) is 0 Å². The minimum atomic E-state index is 0.215. The molecule has 2 nitrogen and oxygen atoms in total. The normalized spacial score (nSPS) is 16.3. The monoisotopic (exact) mass is 259 g/mol. The first-order chi connectivity index (χ1) is 9.29. The number of nitrogens with one attached hydrogen (secondary N) is 1. The molecule has 0 bridgehead atoms. The number of hydrogen-bond acceptors (Lipinski definition) is 1. The highest BCUT2D eigenvalue weighted by Crippen LogP contribution is 2.25. The van der Waals surface area contributed by atoms with Crippen molar-refractivity contribution in [2.75, 3.05) is 5.32 Å². The summed E-state index contributed by atoms with van der Waals surface area (Å²) in [5.41, 5.74) is 2.28. The second-order valence-electron chi connectivity index (χ2n) is 5.63. The molecule has 1 aliphatic rings. The van der Waals surface area contributed by atoms with Gasteiger partial charge in [0, 0.05) is 11.6 Å². The lowest BCUT2D eigenvalue weighted by Crippen LogP contribution is -2.24. The fraction of sp³-hybridized carbons (Fsp3) is 0.588. The minimum Gasteiger partial charge on any atom is -0.326 e. The van der Waals surface area contributed by atoms with E-state index in [1.54, 1.807) is 0 Å². The number of aryl methyl sites for hydroxylation is 1. The van der Waals surface area contributed by atoms with Gasteiger partial charge in [0.05, 0.1) is 0 Å². The summed E-state index contributed by atoms with van der Waals surface area (Å²) in [6.45, 7) is 2.20. The third-order valence-corrected chi connectivity index (χ3v) is 3.99. The molecule has 0 saturated heterocycles. The van der Waals surface area contributed by atoms with Gasteiger partial charge in [0.15, 0.2) is 0 Å². The smallest absolute Gasteiger partial charge is 0.227 e. The van der Waals surface area contributed by atoms with Crippen LogP contribution in [0.5, 0.6) is 0 Å². The Morgan fingerprint density at radius 1 is 1.26 bits per heavy atom.